The number of aliphatic hydroxyl groups excluding tert-OH is 1. The molecule has 1 unspecified atom stereocenters. The van der Waals surface area contributed by atoms with Crippen molar-refractivity contribution in [3.05, 3.63) is 26.8 Å². The van der Waals surface area contributed by atoms with E-state index in [4.69, 9.17) is 11.6 Å². The minimum absolute atomic E-state index is 0.105. The van der Waals surface area contributed by atoms with E-state index >= 15 is 0 Å². The molecule has 3 nitrogen and oxygen atoms in total. The van der Waals surface area contributed by atoms with Crippen LogP contribution in [0.5, 0.6) is 0 Å². The number of carbonyl (C=O) groups excluding carboxylic acids is 1. The van der Waals surface area contributed by atoms with Crippen molar-refractivity contribution in [1.82, 2.24) is 0 Å². The highest BCUT2D eigenvalue weighted by Gasteiger charge is 2.18. The van der Waals surface area contributed by atoms with Crippen LogP contribution < -0.4 is 5.32 Å². The molecule has 0 saturated carbocycles. The summed E-state index contributed by atoms with van der Waals surface area (Å²) in [4.78, 5) is 11.6. The molecule has 0 aliphatic heterocycles. The van der Waals surface area contributed by atoms with Crippen molar-refractivity contribution in [3.8, 4) is 0 Å². The minimum Gasteiger partial charge on any atom is -0.383 e. The number of benzene rings is 1. The van der Waals surface area contributed by atoms with E-state index in [0.29, 0.717) is 10.7 Å². The molecule has 1 rings (SSSR count). The van der Waals surface area contributed by atoms with Crippen LogP contribution in [-0.4, -0.2) is 17.1 Å². The summed E-state index contributed by atoms with van der Waals surface area (Å²) in [6, 6.07) is 5.17. The Morgan fingerprint density at radius 1 is 1.50 bits per heavy atom. The molecule has 0 spiro atoms. The summed E-state index contributed by atoms with van der Waals surface area (Å²) in [5, 5.41) is 12.8. The number of aliphatic hydroxyl groups is 1. The highest BCUT2D eigenvalue weighted by atomic mass is 127. The van der Waals surface area contributed by atoms with Gasteiger partial charge in [0.05, 0.1) is 5.02 Å². The van der Waals surface area contributed by atoms with Gasteiger partial charge in [0.15, 0.2) is 0 Å². The number of halogens is 2. The SMILES string of the molecule is CC(C)C(O)C(=O)Nc1ccc(Cl)c(I)c1. The molecule has 1 atom stereocenters. The van der Waals surface area contributed by atoms with E-state index in [1.807, 2.05) is 0 Å². The van der Waals surface area contributed by atoms with Crippen molar-refractivity contribution >= 4 is 45.8 Å². The summed E-state index contributed by atoms with van der Waals surface area (Å²) in [5.41, 5.74) is 0.638. The molecule has 0 fully saturated rings. The molecule has 16 heavy (non-hydrogen) atoms. The van der Waals surface area contributed by atoms with Gasteiger partial charge in [-0.15, -0.1) is 0 Å². The van der Waals surface area contributed by atoms with Gasteiger partial charge in [0.2, 0.25) is 0 Å². The second kappa shape index (κ2) is 5.84. The summed E-state index contributed by atoms with van der Waals surface area (Å²) >= 11 is 7.94. The second-order valence-corrected chi connectivity index (χ2v) is 5.38. The molecule has 1 aromatic rings. The zero-order valence-electron chi connectivity index (χ0n) is 9.00. The van der Waals surface area contributed by atoms with E-state index in [0.717, 1.165) is 3.57 Å². The van der Waals surface area contributed by atoms with Crippen molar-refractivity contribution in [2.45, 2.75) is 20.0 Å². The van der Waals surface area contributed by atoms with Gasteiger partial charge < -0.3 is 10.4 Å². The molecule has 5 heteroatoms. The first kappa shape index (κ1) is 13.7. The lowest BCUT2D eigenvalue weighted by Crippen LogP contribution is -2.31. The third kappa shape index (κ3) is 3.61. The molecule has 1 aromatic carbocycles. The van der Waals surface area contributed by atoms with Crippen molar-refractivity contribution in [2.24, 2.45) is 5.92 Å². The van der Waals surface area contributed by atoms with Gasteiger partial charge in [-0.05, 0) is 46.7 Å². The predicted molar refractivity (Wildman–Crippen MR) is 73.6 cm³/mol. The molecule has 0 bridgehead atoms. The van der Waals surface area contributed by atoms with Crippen LogP contribution in [0.4, 0.5) is 5.69 Å². The molecule has 0 aliphatic carbocycles. The quantitative estimate of drug-likeness (QED) is 0.821. The normalized spacial score (nSPS) is 12.6. The van der Waals surface area contributed by atoms with Gasteiger partial charge >= 0.3 is 0 Å². The Morgan fingerprint density at radius 2 is 2.12 bits per heavy atom. The van der Waals surface area contributed by atoms with Gasteiger partial charge in [-0.2, -0.15) is 0 Å². The van der Waals surface area contributed by atoms with Crippen molar-refractivity contribution in [1.29, 1.82) is 0 Å². The van der Waals surface area contributed by atoms with Crippen LogP contribution in [0.3, 0.4) is 0 Å². The van der Waals surface area contributed by atoms with E-state index in [1.165, 1.54) is 0 Å². The highest BCUT2D eigenvalue weighted by Crippen LogP contribution is 2.22. The Labute approximate surface area is 113 Å². The first-order valence-corrected chi connectivity index (χ1v) is 6.31. The summed E-state index contributed by atoms with van der Waals surface area (Å²) in [7, 11) is 0. The van der Waals surface area contributed by atoms with Crippen LogP contribution in [0.1, 0.15) is 13.8 Å². The lowest BCUT2D eigenvalue weighted by molar-refractivity contribution is -0.125. The Kier molecular flexibility index (Phi) is 5.01. The largest absolute Gasteiger partial charge is 0.383 e. The first-order valence-electron chi connectivity index (χ1n) is 4.86. The summed E-state index contributed by atoms with van der Waals surface area (Å²) in [5.74, 6) is -0.500. The van der Waals surface area contributed by atoms with Crippen LogP contribution in [0, 0.1) is 9.49 Å². The molecule has 0 radical (unpaired) electrons. The maximum Gasteiger partial charge on any atom is 0.253 e. The maximum atomic E-state index is 11.6. The minimum atomic E-state index is -0.992. The molecule has 0 aliphatic rings. The average Bonchev–Trinajstić information content (AvgIpc) is 2.22. The molecule has 0 heterocycles. The van der Waals surface area contributed by atoms with Crippen LogP contribution in [0.15, 0.2) is 18.2 Å². The maximum absolute atomic E-state index is 11.6. The third-order valence-corrected chi connectivity index (χ3v) is 3.63. The standard InChI is InChI=1S/C11H13ClINO2/c1-6(2)10(15)11(16)14-7-3-4-8(12)9(13)5-7/h3-6,10,15H,1-2H3,(H,14,16). The predicted octanol–water partition coefficient (Wildman–Crippen LogP) is 2.90. The molecule has 0 saturated heterocycles. The lowest BCUT2D eigenvalue weighted by Gasteiger charge is -2.14. The fraction of sp³-hybridized carbons (Fsp3) is 0.364. The average molecular weight is 354 g/mol. The molecule has 2 N–H and O–H groups in total. The van der Waals surface area contributed by atoms with Crippen molar-refractivity contribution in [2.75, 3.05) is 5.32 Å². The number of hydrogen-bond acceptors (Lipinski definition) is 2. The molecular formula is C11H13ClINO2. The second-order valence-electron chi connectivity index (χ2n) is 3.81. The van der Waals surface area contributed by atoms with E-state index in [1.54, 1.807) is 32.0 Å². The first-order chi connectivity index (χ1) is 7.41. The Balaban J connectivity index is 2.74. The summed E-state index contributed by atoms with van der Waals surface area (Å²) in [6.45, 7) is 3.58. The van der Waals surface area contributed by atoms with Crippen molar-refractivity contribution in [3.63, 3.8) is 0 Å². The number of hydrogen-bond donors (Lipinski definition) is 2. The number of anilines is 1. The lowest BCUT2D eigenvalue weighted by atomic mass is 10.1. The van der Waals surface area contributed by atoms with Crippen molar-refractivity contribution < 1.29 is 9.90 Å². The third-order valence-electron chi connectivity index (χ3n) is 2.09. The van der Waals surface area contributed by atoms with Gasteiger partial charge in [0, 0.05) is 9.26 Å². The topological polar surface area (TPSA) is 49.3 Å². The zero-order valence-corrected chi connectivity index (χ0v) is 11.9. The molecule has 0 aromatic heterocycles. The van der Waals surface area contributed by atoms with Crippen LogP contribution in [0.2, 0.25) is 5.02 Å². The van der Waals surface area contributed by atoms with E-state index in [2.05, 4.69) is 27.9 Å². The Bertz CT molecular complexity index is 396. The molecular weight excluding hydrogens is 340 g/mol. The monoisotopic (exact) mass is 353 g/mol. The Morgan fingerprint density at radius 3 is 2.62 bits per heavy atom. The van der Waals surface area contributed by atoms with Gasteiger partial charge in [0.1, 0.15) is 6.10 Å². The number of rotatable bonds is 3. The number of amides is 1. The van der Waals surface area contributed by atoms with E-state index < -0.39 is 12.0 Å². The van der Waals surface area contributed by atoms with Crippen LogP contribution >= 0.6 is 34.2 Å². The van der Waals surface area contributed by atoms with Gasteiger partial charge in [-0.3, -0.25) is 4.79 Å². The molecule has 88 valence electrons. The number of nitrogens with one attached hydrogen (secondary N) is 1. The Hall–Kier alpha value is -0.330. The van der Waals surface area contributed by atoms with Gasteiger partial charge in [-0.1, -0.05) is 25.4 Å². The number of carbonyl (C=O) groups is 1. The van der Waals surface area contributed by atoms with Gasteiger partial charge in [-0.25, -0.2) is 0 Å². The zero-order chi connectivity index (χ0) is 12.3. The van der Waals surface area contributed by atoms with Gasteiger partial charge in [0.25, 0.3) is 5.91 Å². The summed E-state index contributed by atoms with van der Waals surface area (Å²) in [6.07, 6.45) is -0.992. The van der Waals surface area contributed by atoms with Crippen LogP contribution in [-0.2, 0) is 4.79 Å². The molecule has 1 amide bonds. The van der Waals surface area contributed by atoms with E-state index in [9.17, 15) is 9.90 Å². The fourth-order valence-corrected chi connectivity index (χ4v) is 1.73. The fourth-order valence-electron chi connectivity index (χ4n) is 1.09. The van der Waals surface area contributed by atoms with Crippen LogP contribution in [0.25, 0.3) is 0 Å². The smallest absolute Gasteiger partial charge is 0.253 e. The highest BCUT2D eigenvalue weighted by molar-refractivity contribution is 14.1. The van der Waals surface area contributed by atoms with E-state index in [-0.39, 0.29) is 5.92 Å². The summed E-state index contributed by atoms with van der Waals surface area (Å²) < 4.78 is 0.858.